The van der Waals surface area contributed by atoms with Gasteiger partial charge in [-0.25, -0.2) is 0 Å². The van der Waals surface area contributed by atoms with Gasteiger partial charge in [0.05, 0.1) is 11.6 Å². The Kier molecular flexibility index (Phi) is 2.82. The first kappa shape index (κ1) is 8.29. The standard InChI is InChI=1S/C4H7Cl2NSi/c1-4(3-7)8(2,5)6/h4H,1-2H3. The van der Waals surface area contributed by atoms with Crippen molar-refractivity contribution in [2.45, 2.75) is 19.0 Å². The van der Waals surface area contributed by atoms with Crippen LogP contribution in [0.2, 0.25) is 12.1 Å². The minimum atomic E-state index is -2.18. The molecule has 0 aliphatic heterocycles. The molecule has 0 aromatic heterocycles. The van der Waals surface area contributed by atoms with Crippen LogP contribution in [0, 0.1) is 11.3 Å². The zero-order chi connectivity index (χ0) is 6.78. The first-order chi connectivity index (χ1) is 3.48. The fourth-order valence-electron chi connectivity index (χ4n) is 0.113. The van der Waals surface area contributed by atoms with E-state index in [1.54, 1.807) is 13.5 Å². The number of rotatable bonds is 1. The van der Waals surface area contributed by atoms with E-state index in [4.69, 9.17) is 27.4 Å². The molecule has 0 aromatic carbocycles. The molecule has 0 amide bonds. The average molecular weight is 168 g/mol. The molecule has 0 heterocycles. The number of hydrogen-bond donors (Lipinski definition) is 0. The average Bonchev–Trinajstić information content (AvgIpc) is 1.62. The maximum atomic E-state index is 8.29. The second-order valence-electron chi connectivity index (χ2n) is 1.81. The third kappa shape index (κ3) is 2.56. The molecule has 1 nitrogen and oxygen atoms in total. The monoisotopic (exact) mass is 167 g/mol. The Hall–Kier alpha value is 0.287. The second-order valence-corrected chi connectivity index (χ2v) is 9.88. The topological polar surface area (TPSA) is 23.8 Å². The van der Waals surface area contributed by atoms with Crippen LogP contribution in [-0.4, -0.2) is 6.69 Å². The van der Waals surface area contributed by atoms with Crippen LogP contribution < -0.4 is 0 Å². The number of nitrogens with zero attached hydrogens (tertiary/aromatic N) is 1. The lowest BCUT2D eigenvalue weighted by Crippen LogP contribution is -2.18. The summed E-state index contributed by atoms with van der Waals surface area (Å²) in [6.45, 7) is 1.31. The summed E-state index contributed by atoms with van der Waals surface area (Å²) in [5, 5.41) is 8.29. The van der Waals surface area contributed by atoms with E-state index >= 15 is 0 Å². The molecule has 0 saturated heterocycles. The third-order valence-electron chi connectivity index (χ3n) is 0.954. The van der Waals surface area contributed by atoms with Crippen LogP contribution in [0.15, 0.2) is 0 Å². The van der Waals surface area contributed by atoms with Gasteiger partial charge in [-0.05, 0) is 13.5 Å². The number of halogens is 2. The molecule has 0 aromatic rings. The van der Waals surface area contributed by atoms with Gasteiger partial charge in [-0.3, -0.25) is 0 Å². The SMILES string of the molecule is CC(C#N)[Si](C)(Cl)Cl. The fraction of sp³-hybridized carbons (Fsp3) is 0.750. The summed E-state index contributed by atoms with van der Waals surface area (Å²) in [5.74, 6) is 0. The van der Waals surface area contributed by atoms with E-state index < -0.39 is 6.69 Å². The normalized spacial score (nSPS) is 14.9. The van der Waals surface area contributed by atoms with Gasteiger partial charge in [0.15, 0.2) is 0 Å². The molecule has 0 fully saturated rings. The van der Waals surface area contributed by atoms with Crippen LogP contribution in [0.4, 0.5) is 0 Å². The summed E-state index contributed by atoms with van der Waals surface area (Å²) in [7, 11) is 0. The largest absolute Gasteiger partial charge is 0.264 e. The van der Waals surface area contributed by atoms with Crippen LogP contribution in [0.25, 0.3) is 0 Å². The van der Waals surface area contributed by atoms with Crippen molar-refractivity contribution in [2.75, 3.05) is 0 Å². The molecule has 46 valence electrons. The van der Waals surface area contributed by atoms with Gasteiger partial charge in [-0.15, -0.1) is 22.2 Å². The van der Waals surface area contributed by atoms with Gasteiger partial charge in [-0.2, -0.15) is 5.26 Å². The Balaban J connectivity index is 3.87. The summed E-state index contributed by atoms with van der Waals surface area (Å²) in [5.41, 5.74) is -0.175. The van der Waals surface area contributed by atoms with Crippen molar-refractivity contribution in [3.05, 3.63) is 0 Å². The minimum Gasteiger partial charge on any atom is -0.198 e. The highest BCUT2D eigenvalue weighted by Gasteiger charge is 2.29. The predicted octanol–water partition coefficient (Wildman–Crippen LogP) is 2.45. The predicted molar refractivity (Wildman–Crippen MR) is 38.4 cm³/mol. The molecule has 8 heavy (non-hydrogen) atoms. The van der Waals surface area contributed by atoms with Crippen LogP contribution in [0.3, 0.4) is 0 Å². The van der Waals surface area contributed by atoms with Crippen LogP contribution in [-0.2, 0) is 0 Å². The summed E-state index contributed by atoms with van der Waals surface area (Å²) in [6.07, 6.45) is 0. The molecule has 0 spiro atoms. The van der Waals surface area contributed by atoms with Crippen LogP contribution in [0.1, 0.15) is 6.92 Å². The van der Waals surface area contributed by atoms with Crippen LogP contribution >= 0.6 is 22.2 Å². The summed E-state index contributed by atoms with van der Waals surface area (Å²) >= 11 is 11.3. The van der Waals surface area contributed by atoms with Gasteiger partial charge >= 0.3 is 0 Å². The van der Waals surface area contributed by atoms with Crippen molar-refractivity contribution < 1.29 is 0 Å². The minimum absolute atomic E-state index is 0.175. The van der Waals surface area contributed by atoms with Gasteiger partial charge in [0.25, 0.3) is 6.69 Å². The van der Waals surface area contributed by atoms with Gasteiger partial charge in [0.1, 0.15) is 0 Å². The lowest BCUT2D eigenvalue weighted by molar-refractivity contribution is 1.18. The maximum absolute atomic E-state index is 8.29. The van der Waals surface area contributed by atoms with E-state index in [1.165, 1.54) is 0 Å². The van der Waals surface area contributed by atoms with E-state index in [0.717, 1.165) is 0 Å². The van der Waals surface area contributed by atoms with Crippen molar-refractivity contribution in [1.82, 2.24) is 0 Å². The fourth-order valence-corrected chi connectivity index (χ4v) is 0.633. The molecular formula is C4H7Cl2NSi. The van der Waals surface area contributed by atoms with Crippen molar-refractivity contribution in [3.63, 3.8) is 0 Å². The molecule has 0 bridgehead atoms. The highest BCUT2D eigenvalue weighted by Crippen LogP contribution is 2.27. The van der Waals surface area contributed by atoms with Gasteiger partial charge in [0, 0.05) is 0 Å². The number of hydrogen-bond acceptors (Lipinski definition) is 1. The van der Waals surface area contributed by atoms with E-state index in [1.807, 2.05) is 6.07 Å². The Labute approximate surface area is 59.6 Å². The highest BCUT2D eigenvalue weighted by molar-refractivity contribution is 7.45. The lowest BCUT2D eigenvalue weighted by atomic mass is 10.5. The highest BCUT2D eigenvalue weighted by atomic mass is 35.7. The second kappa shape index (κ2) is 2.72. The summed E-state index contributed by atoms with van der Waals surface area (Å²) in [4.78, 5) is 0. The van der Waals surface area contributed by atoms with Crippen molar-refractivity contribution in [1.29, 1.82) is 5.26 Å². The van der Waals surface area contributed by atoms with E-state index in [2.05, 4.69) is 0 Å². The molecule has 0 aliphatic rings. The number of nitriles is 1. The lowest BCUT2D eigenvalue weighted by Gasteiger charge is -2.10. The maximum Gasteiger partial charge on any atom is 0.264 e. The first-order valence-corrected chi connectivity index (χ1v) is 6.86. The van der Waals surface area contributed by atoms with Crippen molar-refractivity contribution >= 4 is 28.9 Å². The third-order valence-corrected chi connectivity index (χ3v) is 4.57. The quantitative estimate of drug-likeness (QED) is 0.435. The Morgan fingerprint density at radius 1 is 1.62 bits per heavy atom. The van der Waals surface area contributed by atoms with Gasteiger partial charge < -0.3 is 0 Å². The zero-order valence-electron chi connectivity index (χ0n) is 4.78. The van der Waals surface area contributed by atoms with Gasteiger partial charge in [-0.1, -0.05) is 0 Å². The van der Waals surface area contributed by atoms with Crippen LogP contribution in [0.5, 0.6) is 0 Å². The zero-order valence-corrected chi connectivity index (χ0v) is 7.29. The molecule has 1 unspecified atom stereocenters. The molecule has 4 heteroatoms. The molecular weight excluding hydrogens is 161 g/mol. The van der Waals surface area contributed by atoms with Gasteiger partial charge in [0.2, 0.25) is 0 Å². The van der Waals surface area contributed by atoms with Crippen molar-refractivity contribution in [3.8, 4) is 6.07 Å². The summed E-state index contributed by atoms with van der Waals surface area (Å²) in [6, 6.07) is 2.00. The van der Waals surface area contributed by atoms with E-state index in [0.29, 0.717) is 0 Å². The molecule has 0 rings (SSSR count). The van der Waals surface area contributed by atoms with Crippen molar-refractivity contribution in [2.24, 2.45) is 0 Å². The molecule has 0 N–H and O–H groups in total. The Morgan fingerprint density at radius 3 is 2.00 bits per heavy atom. The Bertz CT molecular complexity index is 112. The molecule has 0 aliphatic carbocycles. The molecule has 0 saturated carbocycles. The molecule has 1 atom stereocenters. The summed E-state index contributed by atoms with van der Waals surface area (Å²) < 4.78 is 0. The van der Waals surface area contributed by atoms with E-state index in [-0.39, 0.29) is 5.54 Å². The Morgan fingerprint density at radius 2 is 2.00 bits per heavy atom. The van der Waals surface area contributed by atoms with E-state index in [9.17, 15) is 0 Å². The first-order valence-electron chi connectivity index (χ1n) is 2.26. The molecule has 0 radical (unpaired) electrons. The smallest absolute Gasteiger partial charge is 0.198 e.